The summed E-state index contributed by atoms with van der Waals surface area (Å²) in [5.74, 6) is 0.614. The molecular weight excluding hydrogens is 338 g/mol. The highest BCUT2D eigenvalue weighted by Crippen LogP contribution is 2.27. The van der Waals surface area contributed by atoms with Gasteiger partial charge in [-0.1, -0.05) is 12.1 Å². The number of hydrogen-bond acceptors (Lipinski definition) is 6. The molecule has 0 N–H and O–H groups in total. The summed E-state index contributed by atoms with van der Waals surface area (Å²) in [6, 6.07) is 9.82. The first-order valence-corrected chi connectivity index (χ1v) is 9.30. The molecule has 2 fully saturated rings. The fraction of sp³-hybridized carbons (Fsp3) is 0.444. The fourth-order valence-electron chi connectivity index (χ4n) is 3.36. The van der Waals surface area contributed by atoms with Gasteiger partial charge in [0.2, 0.25) is 0 Å². The second kappa shape index (κ2) is 7.21. The number of hydrogen-bond donors (Lipinski definition) is 0. The summed E-state index contributed by atoms with van der Waals surface area (Å²) < 4.78 is 11.9. The van der Waals surface area contributed by atoms with Crippen molar-refractivity contribution in [3.63, 3.8) is 0 Å². The first-order valence-electron chi connectivity index (χ1n) is 8.42. The van der Waals surface area contributed by atoms with Gasteiger partial charge in [0, 0.05) is 30.7 Å². The lowest BCUT2D eigenvalue weighted by atomic mass is 10.0. The molecule has 0 bridgehead atoms. The van der Waals surface area contributed by atoms with E-state index in [1.807, 2.05) is 18.2 Å². The summed E-state index contributed by atoms with van der Waals surface area (Å²) in [6.07, 6.45) is 1.71. The van der Waals surface area contributed by atoms with E-state index >= 15 is 0 Å². The average Bonchev–Trinajstić information content (AvgIpc) is 3.07. The molecule has 2 aromatic rings. The maximum absolute atomic E-state index is 12.4. The molecule has 1 amide bonds. The quantitative estimate of drug-likeness (QED) is 0.836. The Bertz CT molecular complexity index is 710. The molecule has 2 aliphatic heterocycles. The molecule has 6 nitrogen and oxygen atoms in total. The molecule has 132 valence electrons. The zero-order valence-electron chi connectivity index (χ0n) is 14.0. The van der Waals surface area contributed by atoms with Gasteiger partial charge < -0.3 is 9.47 Å². The van der Waals surface area contributed by atoms with Crippen molar-refractivity contribution in [2.75, 3.05) is 44.4 Å². The number of aromatic nitrogens is 1. The Morgan fingerprint density at radius 2 is 2.20 bits per heavy atom. The number of anilines is 1. The van der Waals surface area contributed by atoms with E-state index in [4.69, 9.17) is 9.47 Å². The first kappa shape index (κ1) is 16.7. The Morgan fingerprint density at radius 3 is 3.00 bits per heavy atom. The van der Waals surface area contributed by atoms with Gasteiger partial charge in [0.1, 0.15) is 18.0 Å². The van der Waals surface area contributed by atoms with Crippen LogP contribution in [0.3, 0.4) is 0 Å². The molecule has 0 radical (unpaired) electrons. The minimum absolute atomic E-state index is 0.0571. The van der Waals surface area contributed by atoms with Gasteiger partial charge in [-0.15, -0.1) is 11.3 Å². The van der Waals surface area contributed by atoms with E-state index in [-0.39, 0.29) is 12.5 Å². The van der Waals surface area contributed by atoms with Crippen LogP contribution in [0.2, 0.25) is 0 Å². The van der Waals surface area contributed by atoms with Gasteiger partial charge in [-0.3, -0.25) is 14.6 Å². The minimum Gasteiger partial charge on any atom is -0.377 e. The van der Waals surface area contributed by atoms with Gasteiger partial charge in [0.05, 0.1) is 19.8 Å². The summed E-state index contributed by atoms with van der Waals surface area (Å²) >= 11 is 1.76. The number of morpholine rings is 1. The van der Waals surface area contributed by atoms with E-state index < -0.39 is 5.60 Å². The lowest BCUT2D eigenvalue weighted by molar-refractivity contribution is -0.146. The predicted octanol–water partition coefficient (Wildman–Crippen LogP) is 1.78. The van der Waals surface area contributed by atoms with Crippen molar-refractivity contribution in [3.8, 4) is 0 Å². The van der Waals surface area contributed by atoms with Crippen LogP contribution in [0.5, 0.6) is 0 Å². The highest BCUT2D eigenvalue weighted by Gasteiger charge is 2.43. The van der Waals surface area contributed by atoms with Crippen molar-refractivity contribution in [2.45, 2.75) is 12.1 Å². The van der Waals surface area contributed by atoms with E-state index in [1.165, 1.54) is 4.88 Å². The van der Waals surface area contributed by atoms with Crippen LogP contribution in [0.25, 0.3) is 0 Å². The number of nitrogens with zero attached hydrogens (tertiary/aromatic N) is 3. The molecule has 25 heavy (non-hydrogen) atoms. The molecule has 1 atom stereocenters. The van der Waals surface area contributed by atoms with E-state index in [0.717, 1.165) is 19.6 Å². The molecule has 4 rings (SSSR count). The van der Waals surface area contributed by atoms with Gasteiger partial charge >= 0.3 is 0 Å². The molecule has 0 aromatic carbocycles. The topological polar surface area (TPSA) is 54.9 Å². The van der Waals surface area contributed by atoms with Crippen LogP contribution in [-0.2, 0) is 20.8 Å². The monoisotopic (exact) mass is 359 g/mol. The third kappa shape index (κ3) is 3.74. The van der Waals surface area contributed by atoms with E-state index in [9.17, 15) is 4.79 Å². The second-order valence-electron chi connectivity index (χ2n) is 6.48. The molecule has 0 saturated carbocycles. The molecule has 2 aliphatic rings. The molecular formula is C18H21N3O3S. The number of pyridine rings is 1. The molecule has 1 unspecified atom stereocenters. The van der Waals surface area contributed by atoms with Crippen LogP contribution < -0.4 is 4.90 Å². The number of carbonyl (C=O) groups excluding carboxylic acids is 1. The lowest BCUT2D eigenvalue weighted by Gasteiger charge is -2.42. The Morgan fingerprint density at radius 1 is 1.24 bits per heavy atom. The van der Waals surface area contributed by atoms with Crippen LogP contribution in [0.15, 0.2) is 41.9 Å². The normalized spacial score (nSPS) is 25.3. The minimum atomic E-state index is -0.515. The van der Waals surface area contributed by atoms with Gasteiger partial charge in [-0.2, -0.15) is 0 Å². The Balaban J connectivity index is 1.53. The van der Waals surface area contributed by atoms with Crippen molar-refractivity contribution in [1.29, 1.82) is 0 Å². The van der Waals surface area contributed by atoms with E-state index in [2.05, 4.69) is 27.4 Å². The number of carbonyl (C=O) groups is 1. The van der Waals surface area contributed by atoms with Gasteiger partial charge in [-0.25, -0.2) is 4.98 Å². The summed E-state index contributed by atoms with van der Waals surface area (Å²) in [5.41, 5.74) is -0.515. The van der Waals surface area contributed by atoms with E-state index in [1.54, 1.807) is 22.4 Å². The van der Waals surface area contributed by atoms with Crippen molar-refractivity contribution in [1.82, 2.24) is 9.88 Å². The zero-order valence-corrected chi connectivity index (χ0v) is 14.8. The molecule has 0 aliphatic carbocycles. The van der Waals surface area contributed by atoms with Crippen molar-refractivity contribution < 1.29 is 14.3 Å². The maximum atomic E-state index is 12.4. The third-order valence-electron chi connectivity index (χ3n) is 4.56. The van der Waals surface area contributed by atoms with Crippen LogP contribution in [-0.4, -0.2) is 60.8 Å². The maximum Gasteiger partial charge on any atom is 0.254 e. The standard InChI is InChI=1S/C18H21N3O3S/c22-17-11-24-18(13-21(17)16-5-1-2-6-19-16)12-20(7-8-23-14-18)10-15-4-3-9-25-15/h1-6,9H,7-8,10-14H2. The highest BCUT2D eigenvalue weighted by molar-refractivity contribution is 7.09. The molecule has 2 saturated heterocycles. The zero-order chi connectivity index (χ0) is 17.1. The summed E-state index contributed by atoms with van der Waals surface area (Å²) in [7, 11) is 0. The second-order valence-corrected chi connectivity index (χ2v) is 7.51. The van der Waals surface area contributed by atoms with Gasteiger partial charge in [-0.05, 0) is 23.6 Å². The summed E-state index contributed by atoms with van der Waals surface area (Å²) in [5, 5.41) is 2.10. The average molecular weight is 359 g/mol. The lowest BCUT2D eigenvalue weighted by Crippen LogP contribution is -2.60. The van der Waals surface area contributed by atoms with Crippen LogP contribution in [0, 0.1) is 0 Å². The van der Waals surface area contributed by atoms with Crippen LogP contribution >= 0.6 is 11.3 Å². The fourth-order valence-corrected chi connectivity index (χ4v) is 4.11. The van der Waals surface area contributed by atoms with Gasteiger partial charge in [0.25, 0.3) is 5.91 Å². The largest absolute Gasteiger partial charge is 0.377 e. The van der Waals surface area contributed by atoms with Crippen LogP contribution in [0.1, 0.15) is 4.88 Å². The smallest absolute Gasteiger partial charge is 0.254 e. The molecule has 1 spiro atoms. The third-order valence-corrected chi connectivity index (χ3v) is 5.42. The Hall–Kier alpha value is -1.80. The highest BCUT2D eigenvalue weighted by atomic mass is 32.1. The van der Waals surface area contributed by atoms with Crippen LogP contribution in [0.4, 0.5) is 5.82 Å². The van der Waals surface area contributed by atoms with Gasteiger partial charge in [0.15, 0.2) is 0 Å². The molecule has 2 aromatic heterocycles. The summed E-state index contributed by atoms with van der Waals surface area (Å²) in [6.45, 7) is 4.17. The Kier molecular flexibility index (Phi) is 4.80. The predicted molar refractivity (Wildman–Crippen MR) is 95.7 cm³/mol. The molecule has 4 heterocycles. The van der Waals surface area contributed by atoms with E-state index in [0.29, 0.717) is 25.6 Å². The van der Waals surface area contributed by atoms with Crippen molar-refractivity contribution in [2.24, 2.45) is 0 Å². The first-order chi connectivity index (χ1) is 12.2. The summed E-state index contributed by atoms with van der Waals surface area (Å²) in [4.78, 5) is 22.1. The van der Waals surface area contributed by atoms with Crippen molar-refractivity contribution in [3.05, 3.63) is 46.8 Å². The Labute approximate surface area is 151 Å². The SMILES string of the molecule is O=C1COC2(COCCN(Cc3cccs3)C2)CN1c1ccccn1. The molecule has 7 heteroatoms. The van der Waals surface area contributed by atoms with Crippen molar-refractivity contribution >= 4 is 23.1 Å². The number of rotatable bonds is 3. The number of amides is 1. The number of thiophene rings is 1. The number of ether oxygens (including phenoxy) is 2.